The number of aromatic nitrogens is 2. The Balaban J connectivity index is 1.01. The zero-order chi connectivity index (χ0) is 33.5. The van der Waals surface area contributed by atoms with Gasteiger partial charge in [-0.1, -0.05) is 125 Å². The zero-order valence-corrected chi connectivity index (χ0v) is 28.7. The standard InChI is InChI=1S/C48H36N2/c1-47(2)39-11-7-5-9-31(39)33-17-13-29(25-41(33)47)27-15-21-43-37(23-27)35-19-20-36-38-24-28(16-22-44(38)50-46(36)45(35)49-43)30-14-18-34-32-10-6-8-12-40(32)48(3,4)42(34)26-30/h5-26,49-50H,1-4H3. The lowest BCUT2D eigenvalue weighted by atomic mass is 9.81. The van der Waals surface area contributed by atoms with Crippen LogP contribution in [0.4, 0.5) is 0 Å². The molecule has 11 rings (SSSR count). The Labute approximate surface area is 291 Å². The normalized spacial score (nSPS) is 15.1. The molecule has 0 unspecified atom stereocenters. The average Bonchev–Trinajstić information content (AvgIpc) is 3.84. The second kappa shape index (κ2) is 9.43. The van der Waals surface area contributed by atoms with Crippen molar-refractivity contribution in [2.45, 2.75) is 38.5 Å². The molecular formula is C48H36N2. The molecule has 0 saturated heterocycles. The molecular weight excluding hydrogens is 605 g/mol. The number of nitrogens with one attached hydrogen (secondary N) is 2. The summed E-state index contributed by atoms with van der Waals surface area (Å²) < 4.78 is 0. The maximum absolute atomic E-state index is 3.79. The van der Waals surface area contributed by atoms with E-state index in [0.717, 1.165) is 22.1 Å². The van der Waals surface area contributed by atoms with Crippen molar-refractivity contribution in [2.24, 2.45) is 0 Å². The molecule has 7 aromatic carbocycles. The van der Waals surface area contributed by atoms with Crippen molar-refractivity contribution < 1.29 is 0 Å². The van der Waals surface area contributed by atoms with Crippen LogP contribution in [0.3, 0.4) is 0 Å². The van der Waals surface area contributed by atoms with Gasteiger partial charge in [0, 0.05) is 43.4 Å². The fourth-order valence-electron chi connectivity index (χ4n) is 9.46. The van der Waals surface area contributed by atoms with E-state index >= 15 is 0 Å². The monoisotopic (exact) mass is 640 g/mol. The van der Waals surface area contributed by atoms with E-state index in [9.17, 15) is 0 Å². The van der Waals surface area contributed by atoms with Crippen LogP contribution in [0, 0.1) is 0 Å². The summed E-state index contributed by atoms with van der Waals surface area (Å²) in [5.41, 5.74) is 20.7. The summed E-state index contributed by atoms with van der Waals surface area (Å²) in [5, 5.41) is 5.00. The maximum atomic E-state index is 3.79. The minimum atomic E-state index is -0.0170. The molecule has 0 saturated carbocycles. The van der Waals surface area contributed by atoms with Crippen LogP contribution in [0.15, 0.2) is 133 Å². The molecule has 2 aromatic heterocycles. The van der Waals surface area contributed by atoms with Gasteiger partial charge in [-0.05, 0) is 103 Å². The van der Waals surface area contributed by atoms with Crippen molar-refractivity contribution in [3.8, 4) is 44.5 Å². The van der Waals surface area contributed by atoms with Crippen LogP contribution in [0.1, 0.15) is 49.9 Å². The maximum Gasteiger partial charge on any atom is 0.0710 e. The Kier molecular flexibility index (Phi) is 5.28. The molecule has 0 fully saturated rings. The lowest BCUT2D eigenvalue weighted by Crippen LogP contribution is -2.14. The van der Waals surface area contributed by atoms with Crippen LogP contribution in [0.5, 0.6) is 0 Å². The third-order valence-corrected chi connectivity index (χ3v) is 12.2. The third-order valence-electron chi connectivity index (χ3n) is 12.2. The summed E-state index contributed by atoms with van der Waals surface area (Å²) >= 11 is 0. The summed E-state index contributed by atoms with van der Waals surface area (Å²) in [6.07, 6.45) is 0. The average molecular weight is 641 g/mol. The first-order chi connectivity index (χ1) is 24.3. The lowest BCUT2D eigenvalue weighted by Gasteiger charge is -2.22. The van der Waals surface area contributed by atoms with E-state index in [-0.39, 0.29) is 10.8 Å². The number of rotatable bonds is 2. The van der Waals surface area contributed by atoms with E-state index in [1.807, 2.05) is 0 Å². The van der Waals surface area contributed by atoms with Gasteiger partial charge in [-0.15, -0.1) is 0 Å². The number of fused-ring (bicyclic) bond motifs is 13. The van der Waals surface area contributed by atoms with E-state index in [2.05, 4.69) is 171 Å². The second-order valence-corrected chi connectivity index (χ2v) is 15.5. The summed E-state index contributed by atoms with van der Waals surface area (Å²) in [6.45, 7) is 9.41. The summed E-state index contributed by atoms with van der Waals surface area (Å²) in [4.78, 5) is 7.58. The molecule has 0 radical (unpaired) electrons. The van der Waals surface area contributed by atoms with E-state index in [1.165, 1.54) is 88.3 Å². The van der Waals surface area contributed by atoms with Crippen LogP contribution in [0.2, 0.25) is 0 Å². The van der Waals surface area contributed by atoms with Crippen molar-refractivity contribution in [2.75, 3.05) is 0 Å². The smallest absolute Gasteiger partial charge is 0.0710 e. The molecule has 2 heteroatoms. The zero-order valence-electron chi connectivity index (χ0n) is 28.7. The molecule has 0 bridgehead atoms. The second-order valence-electron chi connectivity index (χ2n) is 15.5. The van der Waals surface area contributed by atoms with Gasteiger partial charge in [-0.25, -0.2) is 0 Å². The molecule has 2 aliphatic rings. The Bertz CT molecular complexity index is 2730. The Hall–Kier alpha value is -5.86. The van der Waals surface area contributed by atoms with Crippen LogP contribution in [-0.4, -0.2) is 9.97 Å². The predicted molar refractivity (Wildman–Crippen MR) is 211 cm³/mol. The van der Waals surface area contributed by atoms with Gasteiger partial charge in [-0.2, -0.15) is 0 Å². The number of hydrogen-bond donors (Lipinski definition) is 2. The number of benzene rings is 7. The molecule has 0 aliphatic heterocycles. The molecule has 9 aromatic rings. The topological polar surface area (TPSA) is 31.6 Å². The Morgan fingerprint density at radius 3 is 1.18 bits per heavy atom. The first-order valence-electron chi connectivity index (χ1n) is 17.8. The van der Waals surface area contributed by atoms with Gasteiger partial charge < -0.3 is 9.97 Å². The van der Waals surface area contributed by atoms with Crippen LogP contribution >= 0.6 is 0 Å². The highest BCUT2D eigenvalue weighted by atomic mass is 14.8. The molecule has 0 atom stereocenters. The molecule has 0 spiro atoms. The minimum absolute atomic E-state index is 0.0170. The van der Waals surface area contributed by atoms with Crippen molar-refractivity contribution in [3.63, 3.8) is 0 Å². The van der Waals surface area contributed by atoms with Gasteiger partial charge >= 0.3 is 0 Å². The highest BCUT2D eigenvalue weighted by molar-refractivity contribution is 6.22. The molecule has 0 amide bonds. The van der Waals surface area contributed by atoms with Gasteiger partial charge in [0.25, 0.3) is 0 Å². The lowest BCUT2D eigenvalue weighted by molar-refractivity contribution is 0.660. The molecule has 238 valence electrons. The summed E-state index contributed by atoms with van der Waals surface area (Å²) in [6, 6.07) is 50.1. The van der Waals surface area contributed by atoms with E-state index in [4.69, 9.17) is 0 Å². The van der Waals surface area contributed by atoms with E-state index in [1.54, 1.807) is 0 Å². The predicted octanol–water partition coefficient (Wildman–Crippen LogP) is 12.9. The van der Waals surface area contributed by atoms with E-state index in [0.29, 0.717) is 0 Å². The van der Waals surface area contributed by atoms with E-state index < -0.39 is 0 Å². The largest absolute Gasteiger partial charge is 0.353 e. The molecule has 2 aliphatic carbocycles. The van der Waals surface area contributed by atoms with Crippen molar-refractivity contribution in [1.82, 2.24) is 9.97 Å². The van der Waals surface area contributed by atoms with Crippen LogP contribution in [-0.2, 0) is 10.8 Å². The number of aromatic amines is 2. The SMILES string of the molecule is CC1(C)c2ccccc2-c2ccc(-c3ccc4[nH]c5c(ccc6c7cc(-c8ccc9c(c8)C(C)(C)c8ccccc8-9)ccc7[nH]c65)c4c3)cc21. The number of H-pyrrole nitrogens is 2. The van der Waals surface area contributed by atoms with Gasteiger partial charge in [0.2, 0.25) is 0 Å². The highest BCUT2D eigenvalue weighted by Gasteiger charge is 2.36. The van der Waals surface area contributed by atoms with Gasteiger partial charge in [0.05, 0.1) is 11.0 Å². The van der Waals surface area contributed by atoms with Gasteiger partial charge in [0.15, 0.2) is 0 Å². The first kappa shape index (κ1) is 28.0. The summed E-state index contributed by atoms with van der Waals surface area (Å²) in [5.74, 6) is 0. The van der Waals surface area contributed by atoms with Gasteiger partial charge in [0.1, 0.15) is 0 Å². The first-order valence-corrected chi connectivity index (χ1v) is 17.8. The highest BCUT2D eigenvalue weighted by Crippen LogP contribution is 2.51. The molecule has 50 heavy (non-hydrogen) atoms. The third kappa shape index (κ3) is 3.58. The molecule has 2 N–H and O–H groups in total. The fourth-order valence-corrected chi connectivity index (χ4v) is 9.46. The minimum Gasteiger partial charge on any atom is -0.353 e. The quantitative estimate of drug-likeness (QED) is 0.188. The Morgan fingerprint density at radius 2 is 0.720 bits per heavy atom. The summed E-state index contributed by atoms with van der Waals surface area (Å²) in [7, 11) is 0. The van der Waals surface area contributed by atoms with Crippen molar-refractivity contribution >= 4 is 43.6 Å². The van der Waals surface area contributed by atoms with Crippen LogP contribution < -0.4 is 0 Å². The van der Waals surface area contributed by atoms with Crippen molar-refractivity contribution in [1.29, 1.82) is 0 Å². The van der Waals surface area contributed by atoms with Gasteiger partial charge in [-0.3, -0.25) is 0 Å². The molecule has 2 heterocycles. The molecule has 2 nitrogen and oxygen atoms in total. The fraction of sp³-hybridized carbons (Fsp3) is 0.125. The van der Waals surface area contributed by atoms with Crippen LogP contribution in [0.25, 0.3) is 88.1 Å². The van der Waals surface area contributed by atoms with Crippen molar-refractivity contribution in [3.05, 3.63) is 156 Å². The Morgan fingerprint density at radius 1 is 0.340 bits per heavy atom. The number of hydrogen-bond acceptors (Lipinski definition) is 0.